The van der Waals surface area contributed by atoms with Gasteiger partial charge in [0.2, 0.25) is 0 Å². The smallest absolute Gasteiger partial charge is 0.157 e. The predicted octanol–water partition coefficient (Wildman–Crippen LogP) is 3.07. The second-order valence-corrected chi connectivity index (χ2v) is 4.16. The van der Waals surface area contributed by atoms with Gasteiger partial charge in [-0.1, -0.05) is 26.7 Å². The van der Waals surface area contributed by atoms with Gasteiger partial charge in [-0.15, -0.1) is 0 Å². The van der Waals surface area contributed by atoms with Gasteiger partial charge in [0.15, 0.2) is 6.29 Å². The van der Waals surface area contributed by atoms with Crippen LogP contribution in [0.2, 0.25) is 0 Å². The second-order valence-electron chi connectivity index (χ2n) is 4.16. The molecule has 3 heteroatoms. The van der Waals surface area contributed by atoms with E-state index in [9.17, 15) is 0 Å². The number of hydrogen-bond acceptors (Lipinski definition) is 3. The lowest BCUT2D eigenvalue weighted by Crippen LogP contribution is -2.19. The Balaban J connectivity index is 3.58. The number of nitrogens with two attached hydrogens (primary N) is 1. The minimum atomic E-state index is -0.00958. The molecule has 0 aliphatic heterocycles. The van der Waals surface area contributed by atoms with Crippen molar-refractivity contribution in [3.8, 4) is 0 Å². The Kier molecular flexibility index (Phi) is 12.9. The summed E-state index contributed by atoms with van der Waals surface area (Å²) in [6.45, 7) is 6.73. The summed E-state index contributed by atoms with van der Waals surface area (Å²) in [5.74, 6) is 0. The zero-order chi connectivity index (χ0) is 12.1. The molecule has 0 atom stereocenters. The Hall–Kier alpha value is -0.120. The summed E-state index contributed by atoms with van der Waals surface area (Å²) < 4.78 is 11.4. The summed E-state index contributed by atoms with van der Waals surface area (Å²) in [4.78, 5) is 0. The van der Waals surface area contributed by atoms with Crippen LogP contribution in [0.3, 0.4) is 0 Å². The van der Waals surface area contributed by atoms with Crippen LogP contribution in [0.4, 0.5) is 0 Å². The molecule has 98 valence electrons. The highest BCUT2D eigenvalue weighted by atomic mass is 16.7. The van der Waals surface area contributed by atoms with E-state index in [-0.39, 0.29) is 6.29 Å². The SMILES string of the molecule is CCCCOC(CCCCN)OCCCC. The van der Waals surface area contributed by atoms with Crippen LogP contribution in [0.5, 0.6) is 0 Å². The molecule has 0 aromatic rings. The third-order valence-electron chi connectivity index (χ3n) is 2.50. The van der Waals surface area contributed by atoms with E-state index in [1.807, 2.05) is 0 Å². The van der Waals surface area contributed by atoms with Crippen LogP contribution in [0.15, 0.2) is 0 Å². The molecule has 0 aromatic heterocycles. The van der Waals surface area contributed by atoms with Crippen molar-refractivity contribution in [3.63, 3.8) is 0 Å². The normalized spacial score (nSPS) is 11.2. The maximum Gasteiger partial charge on any atom is 0.157 e. The molecular formula is C13H29NO2. The van der Waals surface area contributed by atoms with Crippen molar-refractivity contribution in [1.29, 1.82) is 0 Å². The monoisotopic (exact) mass is 231 g/mol. The summed E-state index contributed by atoms with van der Waals surface area (Å²) in [7, 11) is 0. The average Bonchev–Trinajstić information content (AvgIpc) is 2.29. The number of hydrogen-bond donors (Lipinski definition) is 1. The van der Waals surface area contributed by atoms with Gasteiger partial charge in [-0.05, 0) is 38.6 Å². The fraction of sp³-hybridized carbons (Fsp3) is 1.00. The molecular weight excluding hydrogens is 202 g/mol. The highest BCUT2D eigenvalue weighted by Gasteiger charge is 2.08. The lowest BCUT2D eigenvalue weighted by molar-refractivity contribution is -0.147. The summed E-state index contributed by atoms with van der Waals surface area (Å²) >= 11 is 0. The van der Waals surface area contributed by atoms with E-state index in [4.69, 9.17) is 15.2 Å². The van der Waals surface area contributed by atoms with Crippen molar-refractivity contribution >= 4 is 0 Å². The molecule has 0 bridgehead atoms. The van der Waals surface area contributed by atoms with Crippen LogP contribution in [0, 0.1) is 0 Å². The largest absolute Gasteiger partial charge is 0.353 e. The van der Waals surface area contributed by atoms with Gasteiger partial charge in [0.05, 0.1) is 0 Å². The summed E-state index contributed by atoms with van der Waals surface area (Å²) in [6.07, 6.45) is 7.70. The summed E-state index contributed by atoms with van der Waals surface area (Å²) in [5.41, 5.74) is 5.48. The average molecular weight is 231 g/mol. The van der Waals surface area contributed by atoms with Crippen LogP contribution in [0.1, 0.15) is 58.8 Å². The van der Waals surface area contributed by atoms with Gasteiger partial charge in [0.1, 0.15) is 0 Å². The highest BCUT2D eigenvalue weighted by Crippen LogP contribution is 2.08. The Morgan fingerprint density at radius 1 is 0.875 bits per heavy atom. The molecule has 0 rings (SSSR count). The Bertz CT molecular complexity index is 107. The standard InChI is InChI=1S/C13H29NO2/c1-3-5-11-15-13(9-7-8-10-14)16-12-6-4-2/h13H,3-12,14H2,1-2H3. The quantitative estimate of drug-likeness (QED) is 0.415. The molecule has 0 heterocycles. The maximum absolute atomic E-state index is 5.71. The van der Waals surface area contributed by atoms with Crippen molar-refractivity contribution in [2.45, 2.75) is 65.1 Å². The van der Waals surface area contributed by atoms with Crippen LogP contribution >= 0.6 is 0 Å². The molecule has 0 saturated carbocycles. The van der Waals surface area contributed by atoms with Gasteiger partial charge in [0, 0.05) is 13.2 Å². The third kappa shape index (κ3) is 10.4. The molecule has 0 fully saturated rings. The number of unbranched alkanes of at least 4 members (excludes halogenated alkanes) is 3. The molecule has 0 saturated heterocycles. The number of ether oxygens (including phenoxy) is 2. The first-order valence-corrected chi connectivity index (χ1v) is 6.78. The molecule has 0 spiro atoms. The topological polar surface area (TPSA) is 44.5 Å². The van der Waals surface area contributed by atoms with Gasteiger partial charge in [0.25, 0.3) is 0 Å². The molecule has 0 aliphatic carbocycles. The summed E-state index contributed by atoms with van der Waals surface area (Å²) in [6, 6.07) is 0. The lowest BCUT2D eigenvalue weighted by atomic mass is 10.2. The lowest BCUT2D eigenvalue weighted by Gasteiger charge is -2.18. The number of rotatable bonds is 12. The molecule has 0 amide bonds. The van der Waals surface area contributed by atoms with E-state index < -0.39 is 0 Å². The van der Waals surface area contributed by atoms with Gasteiger partial charge in [-0.25, -0.2) is 0 Å². The first-order chi connectivity index (χ1) is 7.85. The Labute approximate surface area is 101 Å². The third-order valence-corrected chi connectivity index (χ3v) is 2.50. The molecule has 3 nitrogen and oxygen atoms in total. The fourth-order valence-electron chi connectivity index (χ4n) is 1.39. The van der Waals surface area contributed by atoms with E-state index in [0.29, 0.717) is 0 Å². The van der Waals surface area contributed by atoms with E-state index in [0.717, 1.165) is 51.9 Å². The molecule has 16 heavy (non-hydrogen) atoms. The van der Waals surface area contributed by atoms with Crippen molar-refractivity contribution in [3.05, 3.63) is 0 Å². The molecule has 0 radical (unpaired) electrons. The minimum Gasteiger partial charge on any atom is -0.353 e. The van der Waals surface area contributed by atoms with Crippen molar-refractivity contribution < 1.29 is 9.47 Å². The fourth-order valence-corrected chi connectivity index (χ4v) is 1.39. The van der Waals surface area contributed by atoms with Gasteiger partial charge < -0.3 is 15.2 Å². The predicted molar refractivity (Wildman–Crippen MR) is 68.4 cm³/mol. The maximum atomic E-state index is 5.71. The zero-order valence-electron chi connectivity index (χ0n) is 11.0. The van der Waals surface area contributed by atoms with Crippen molar-refractivity contribution in [2.24, 2.45) is 5.73 Å². The Morgan fingerprint density at radius 2 is 1.44 bits per heavy atom. The highest BCUT2D eigenvalue weighted by molar-refractivity contribution is 4.49. The molecule has 2 N–H and O–H groups in total. The van der Waals surface area contributed by atoms with Crippen LogP contribution in [-0.4, -0.2) is 26.0 Å². The van der Waals surface area contributed by atoms with Gasteiger partial charge in [-0.3, -0.25) is 0 Å². The van der Waals surface area contributed by atoms with Gasteiger partial charge >= 0.3 is 0 Å². The Morgan fingerprint density at radius 3 is 1.88 bits per heavy atom. The second kappa shape index (κ2) is 12.9. The first-order valence-electron chi connectivity index (χ1n) is 6.78. The van der Waals surface area contributed by atoms with Crippen LogP contribution < -0.4 is 5.73 Å². The molecule has 0 aliphatic rings. The summed E-state index contributed by atoms with van der Waals surface area (Å²) in [5, 5.41) is 0. The van der Waals surface area contributed by atoms with E-state index in [2.05, 4.69) is 13.8 Å². The van der Waals surface area contributed by atoms with Crippen LogP contribution in [0.25, 0.3) is 0 Å². The minimum absolute atomic E-state index is 0.00958. The molecule has 0 unspecified atom stereocenters. The first kappa shape index (κ1) is 15.9. The van der Waals surface area contributed by atoms with Crippen molar-refractivity contribution in [1.82, 2.24) is 0 Å². The van der Waals surface area contributed by atoms with E-state index in [1.54, 1.807) is 0 Å². The van der Waals surface area contributed by atoms with E-state index in [1.165, 1.54) is 12.8 Å². The van der Waals surface area contributed by atoms with Gasteiger partial charge in [-0.2, -0.15) is 0 Å². The van der Waals surface area contributed by atoms with Crippen molar-refractivity contribution in [2.75, 3.05) is 19.8 Å². The van der Waals surface area contributed by atoms with E-state index >= 15 is 0 Å². The zero-order valence-corrected chi connectivity index (χ0v) is 11.0. The van der Waals surface area contributed by atoms with Crippen LogP contribution in [-0.2, 0) is 9.47 Å². The molecule has 0 aromatic carbocycles.